The predicted octanol–water partition coefficient (Wildman–Crippen LogP) is 5.60. The number of aryl methyl sites for hydroxylation is 1. The average Bonchev–Trinajstić information content (AvgIpc) is 3.50. The van der Waals surface area contributed by atoms with E-state index in [1.54, 1.807) is 24.5 Å². The van der Waals surface area contributed by atoms with Gasteiger partial charge in [-0.1, -0.05) is 25.5 Å². The second-order valence-electron chi connectivity index (χ2n) is 13.3. The van der Waals surface area contributed by atoms with Gasteiger partial charge in [0.1, 0.15) is 18.5 Å². The summed E-state index contributed by atoms with van der Waals surface area (Å²) in [4.78, 5) is 41.5. The summed E-state index contributed by atoms with van der Waals surface area (Å²) >= 11 is 0. The molecule has 12 heteroatoms. The first kappa shape index (κ1) is 37.6. The number of carbonyl (C=O) groups excluding carboxylic acids is 3. The lowest BCUT2D eigenvalue weighted by molar-refractivity contribution is -0.169. The molecule has 48 heavy (non-hydrogen) atoms. The van der Waals surface area contributed by atoms with Crippen molar-refractivity contribution in [3.05, 3.63) is 36.1 Å². The van der Waals surface area contributed by atoms with Gasteiger partial charge in [-0.3, -0.25) is 4.79 Å². The third-order valence-electron chi connectivity index (χ3n) is 9.09. The van der Waals surface area contributed by atoms with Gasteiger partial charge in [0.05, 0.1) is 43.6 Å². The molecule has 3 saturated heterocycles. The van der Waals surface area contributed by atoms with Gasteiger partial charge in [0, 0.05) is 38.5 Å². The zero-order valence-electron chi connectivity index (χ0n) is 28.5. The number of fused-ring (bicyclic) bond motifs is 4. The average molecular weight is 675 g/mol. The van der Waals surface area contributed by atoms with Crippen LogP contribution in [0, 0.1) is 5.92 Å². The Hall–Kier alpha value is -3.22. The highest BCUT2D eigenvalue weighted by Gasteiger charge is 2.36. The minimum absolute atomic E-state index is 0.0980. The number of cyclic esters (lactones) is 1. The van der Waals surface area contributed by atoms with Crippen LogP contribution in [0.15, 0.2) is 28.9 Å². The number of oxazole rings is 1. The third kappa shape index (κ3) is 13.7. The van der Waals surface area contributed by atoms with Crippen LogP contribution in [0.1, 0.15) is 108 Å². The van der Waals surface area contributed by atoms with E-state index >= 15 is 0 Å². The molecule has 268 valence electrons. The number of alkyl carbamates (subject to hydrolysis) is 1. The van der Waals surface area contributed by atoms with E-state index in [0.29, 0.717) is 43.9 Å². The third-order valence-corrected chi connectivity index (χ3v) is 9.09. The molecular formula is C36H54N2O10. The Labute approximate surface area is 283 Å². The smallest absolute Gasteiger partial charge is 0.407 e. The number of rotatable bonds is 13. The number of hydrogen-bond acceptors (Lipinski definition) is 11. The van der Waals surface area contributed by atoms with Gasteiger partial charge in [0.25, 0.3) is 0 Å². The van der Waals surface area contributed by atoms with E-state index in [1.165, 1.54) is 13.2 Å². The number of nitrogens with zero attached hydrogens (tertiary/aromatic N) is 1. The van der Waals surface area contributed by atoms with Crippen molar-refractivity contribution in [2.45, 2.75) is 140 Å². The summed E-state index contributed by atoms with van der Waals surface area (Å²) in [5, 5.41) is 11.7. The number of aliphatic hydroxyl groups is 1. The van der Waals surface area contributed by atoms with Crippen molar-refractivity contribution >= 4 is 24.1 Å². The standard InChI is InChI=1S/C36H54N2O10/c1-25-18-27-12-8-13-28(45-27)20-29(11-4-3-7-17-39)47-35(41)23-32-22-31(21-30(19-25)46-32)48-34(40)15-6-5-10-26-24-44-33(38-26)14-9-16-37-36(42)43-2/h6,9,14-15,24-25,27-32,39H,3-5,7-8,10-13,16-23H2,1-2H3,(H,37,42)/b14-9-,15-6-/t25-,27?,28?,29+,30?,31-,32?/m1/s1. The number of amides is 1. The van der Waals surface area contributed by atoms with Gasteiger partial charge in [-0.15, -0.1) is 0 Å². The van der Waals surface area contributed by atoms with E-state index in [1.807, 2.05) is 0 Å². The number of carbonyl (C=O) groups is 3. The summed E-state index contributed by atoms with van der Waals surface area (Å²) in [6.07, 6.45) is 17.9. The van der Waals surface area contributed by atoms with E-state index in [-0.39, 0.29) is 62.2 Å². The maximum atomic E-state index is 13.2. The first-order valence-corrected chi connectivity index (χ1v) is 17.7. The number of ether oxygens (including phenoxy) is 5. The lowest BCUT2D eigenvalue weighted by atomic mass is 9.88. The molecule has 3 aliphatic rings. The van der Waals surface area contributed by atoms with E-state index in [0.717, 1.165) is 63.5 Å². The summed E-state index contributed by atoms with van der Waals surface area (Å²) < 4.78 is 34.8. The largest absolute Gasteiger partial charge is 0.462 e. The van der Waals surface area contributed by atoms with Crippen LogP contribution in [-0.4, -0.2) is 85.0 Å². The Kier molecular flexibility index (Phi) is 15.9. The molecule has 3 fully saturated rings. The summed E-state index contributed by atoms with van der Waals surface area (Å²) in [7, 11) is 1.30. The molecule has 4 rings (SSSR count). The molecule has 1 amide bonds. The number of esters is 2. The quantitative estimate of drug-likeness (QED) is 0.116. The lowest BCUT2D eigenvalue weighted by Gasteiger charge is -2.38. The fraction of sp³-hybridized carbons (Fsp3) is 0.722. The van der Waals surface area contributed by atoms with Crippen LogP contribution in [0.4, 0.5) is 4.79 Å². The number of allylic oxidation sites excluding steroid dienone is 1. The molecule has 0 aromatic carbocycles. The number of aliphatic hydroxyl groups excluding tert-OH is 1. The van der Waals surface area contributed by atoms with Crippen molar-refractivity contribution in [1.82, 2.24) is 10.3 Å². The first-order valence-electron chi connectivity index (χ1n) is 17.7. The van der Waals surface area contributed by atoms with E-state index < -0.39 is 12.1 Å². The van der Waals surface area contributed by atoms with Crippen LogP contribution in [0.5, 0.6) is 0 Å². The van der Waals surface area contributed by atoms with Crippen molar-refractivity contribution in [2.24, 2.45) is 5.92 Å². The molecule has 12 nitrogen and oxygen atoms in total. The van der Waals surface area contributed by atoms with Crippen LogP contribution >= 0.6 is 0 Å². The number of methoxy groups -OCH3 is 1. The Morgan fingerprint density at radius 2 is 1.79 bits per heavy atom. The molecule has 1 aromatic heterocycles. The number of unbranched alkanes of at least 4 members (excludes halogenated alkanes) is 2. The maximum Gasteiger partial charge on any atom is 0.407 e. The van der Waals surface area contributed by atoms with E-state index in [9.17, 15) is 19.5 Å². The van der Waals surface area contributed by atoms with E-state index in [4.69, 9.17) is 23.4 Å². The van der Waals surface area contributed by atoms with Gasteiger partial charge in [0.15, 0.2) is 0 Å². The Morgan fingerprint density at radius 1 is 1.02 bits per heavy atom. The van der Waals surface area contributed by atoms with Crippen LogP contribution in [0.3, 0.4) is 0 Å². The topological polar surface area (TPSA) is 156 Å². The number of aromatic nitrogens is 1. The highest BCUT2D eigenvalue weighted by atomic mass is 16.6. The van der Waals surface area contributed by atoms with E-state index in [2.05, 4.69) is 22.0 Å². The Balaban J connectivity index is 1.29. The maximum absolute atomic E-state index is 13.2. The normalized spacial score (nSPS) is 28.5. The second kappa shape index (κ2) is 20.3. The number of hydrogen-bond donors (Lipinski definition) is 2. The molecule has 2 N–H and O–H groups in total. The molecule has 1 aromatic rings. The monoisotopic (exact) mass is 674 g/mol. The van der Waals surface area contributed by atoms with Crippen molar-refractivity contribution in [3.8, 4) is 0 Å². The molecule has 4 heterocycles. The van der Waals surface area contributed by atoms with Gasteiger partial charge in [0.2, 0.25) is 5.89 Å². The molecule has 7 atom stereocenters. The van der Waals surface area contributed by atoms with Crippen LogP contribution in [-0.2, 0) is 39.7 Å². The van der Waals surface area contributed by atoms with Crippen molar-refractivity contribution in [1.29, 1.82) is 0 Å². The minimum Gasteiger partial charge on any atom is -0.462 e. The zero-order valence-corrected chi connectivity index (χ0v) is 28.5. The highest BCUT2D eigenvalue weighted by Crippen LogP contribution is 2.33. The molecule has 4 bridgehead atoms. The molecule has 0 saturated carbocycles. The SMILES string of the molecule is COC(=O)NC/C=C\c1nc(CC/C=C\C(=O)O[C@H]2CC3CC(=O)O[C@@H](CCCCCO)CC4CCCC(C[C@@H](C)CC(C2)O3)O4)co1. The molecule has 0 radical (unpaired) electrons. The van der Waals surface area contributed by atoms with Gasteiger partial charge in [-0.2, -0.15) is 0 Å². The zero-order chi connectivity index (χ0) is 34.1. The van der Waals surface area contributed by atoms with Crippen molar-refractivity contribution < 1.29 is 47.6 Å². The highest BCUT2D eigenvalue weighted by molar-refractivity contribution is 5.82. The van der Waals surface area contributed by atoms with Crippen molar-refractivity contribution in [3.63, 3.8) is 0 Å². The Morgan fingerprint density at radius 3 is 2.60 bits per heavy atom. The Bertz CT molecular complexity index is 1200. The predicted molar refractivity (Wildman–Crippen MR) is 177 cm³/mol. The fourth-order valence-electron chi connectivity index (χ4n) is 6.87. The molecule has 3 aliphatic heterocycles. The van der Waals surface area contributed by atoms with Gasteiger partial charge >= 0.3 is 18.0 Å². The fourth-order valence-corrected chi connectivity index (χ4v) is 6.87. The number of nitrogens with one attached hydrogen (secondary N) is 1. The molecule has 0 aliphatic carbocycles. The molecule has 0 spiro atoms. The summed E-state index contributed by atoms with van der Waals surface area (Å²) in [5.74, 6) is 0.0700. The van der Waals surface area contributed by atoms with Crippen LogP contribution in [0.2, 0.25) is 0 Å². The summed E-state index contributed by atoms with van der Waals surface area (Å²) in [6, 6.07) is 0. The lowest BCUT2D eigenvalue weighted by Crippen LogP contribution is -2.41. The molecule has 4 unspecified atom stereocenters. The van der Waals surface area contributed by atoms with Gasteiger partial charge < -0.3 is 38.5 Å². The summed E-state index contributed by atoms with van der Waals surface area (Å²) in [5.41, 5.74) is 0.742. The van der Waals surface area contributed by atoms with Crippen LogP contribution < -0.4 is 5.32 Å². The summed E-state index contributed by atoms with van der Waals surface area (Å²) in [6.45, 7) is 2.68. The first-order chi connectivity index (χ1) is 23.3. The second-order valence-corrected chi connectivity index (χ2v) is 13.3. The molecular weight excluding hydrogens is 620 g/mol. The van der Waals surface area contributed by atoms with Crippen LogP contribution in [0.25, 0.3) is 6.08 Å². The van der Waals surface area contributed by atoms with Gasteiger partial charge in [-0.05, 0) is 76.2 Å². The van der Waals surface area contributed by atoms with Crippen molar-refractivity contribution in [2.75, 3.05) is 20.3 Å². The van der Waals surface area contributed by atoms with Gasteiger partial charge in [-0.25, -0.2) is 14.6 Å². The minimum atomic E-state index is -0.516.